The molecule has 114 valence electrons. The van der Waals surface area contributed by atoms with Crippen LogP contribution in [-0.4, -0.2) is 27.6 Å². The Balaban J connectivity index is 0.00000220. The Kier molecular flexibility index (Phi) is 6.32. The Morgan fingerprint density at radius 2 is 2.10 bits per heavy atom. The highest BCUT2D eigenvalue weighted by molar-refractivity contribution is 9.10. The second-order valence-corrected chi connectivity index (χ2v) is 5.56. The number of aromatic amines is 1. The van der Waals surface area contributed by atoms with Gasteiger partial charge in [0.25, 0.3) is 0 Å². The lowest BCUT2D eigenvalue weighted by molar-refractivity contribution is -0.126. The number of amides is 1. The number of aromatic nitrogens is 3. The smallest absolute Gasteiger partial charge is 0.244 e. The van der Waals surface area contributed by atoms with E-state index in [0.717, 1.165) is 15.9 Å². The third kappa shape index (κ3) is 4.52. The number of benzene rings is 1. The van der Waals surface area contributed by atoms with Crippen LogP contribution < -0.4 is 11.1 Å². The summed E-state index contributed by atoms with van der Waals surface area (Å²) in [5.74, 6) is 0.506. The van der Waals surface area contributed by atoms with Crippen LogP contribution in [0.3, 0.4) is 0 Å². The van der Waals surface area contributed by atoms with E-state index in [-0.39, 0.29) is 18.3 Å². The van der Waals surface area contributed by atoms with Crippen molar-refractivity contribution in [3.8, 4) is 0 Å². The first kappa shape index (κ1) is 17.6. The molecular weight excluding hydrogens is 358 g/mol. The molecule has 1 amide bonds. The molecule has 4 N–H and O–H groups in total. The van der Waals surface area contributed by atoms with Gasteiger partial charge in [-0.3, -0.25) is 9.89 Å². The number of rotatable bonds is 5. The number of nitrogens with one attached hydrogen (secondary N) is 2. The van der Waals surface area contributed by atoms with Gasteiger partial charge in [0.1, 0.15) is 17.7 Å². The fraction of sp³-hybridized carbons (Fsp3) is 0.308. The van der Waals surface area contributed by atoms with E-state index in [2.05, 4.69) is 36.4 Å². The third-order valence-corrected chi connectivity index (χ3v) is 3.56. The Bertz CT molecular complexity index is 571. The predicted octanol–water partition coefficient (Wildman–Crippen LogP) is 1.52. The van der Waals surface area contributed by atoms with Gasteiger partial charge in [0, 0.05) is 17.4 Å². The van der Waals surface area contributed by atoms with Crippen LogP contribution in [-0.2, 0) is 16.8 Å². The van der Waals surface area contributed by atoms with E-state index in [1.54, 1.807) is 6.92 Å². The molecule has 1 atom stereocenters. The number of hydrogen-bond donors (Lipinski definition) is 3. The van der Waals surface area contributed by atoms with Gasteiger partial charge in [0.05, 0.1) is 0 Å². The zero-order valence-corrected chi connectivity index (χ0v) is 13.9. The highest BCUT2D eigenvalue weighted by Crippen LogP contribution is 2.20. The van der Waals surface area contributed by atoms with Crippen molar-refractivity contribution in [2.75, 3.05) is 6.54 Å². The summed E-state index contributed by atoms with van der Waals surface area (Å²) in [5, 5.41) is 9.30. The molecule has 0 aliphatic heterocycles. The van der Waals surface area contributed by atoms with Gasteiger partial charge in [-0.25, -0.2) is 4.98 Å². The van der Waals surface area contributed by atoms with Crippen LogP contribution in [0.1, 0.15) is 18.3 Å². The minimum atomic E-state index is -1.07. The third-order valence-electron chi connectivity index (χ3n) is 3.03. The number of carbonyl (C=O) groups excluding carboxylic acids is 1. The first-order valence-electron chi connectivity index (χ1n) is 6.17. The molecule has 2 aromatic rings. The van der Waals surface area contributed by atoms with Gasteiger partial charge in [-0.1, -0.05) is 28.1 Å². The van der Waals surface area contributed by atoms with Gasteiger partial charge in [-0.2, -0.15) is 5.10 Å². The quantitative estimate of drug-likeness (QED) is 0.739. The lowest BCUT2D eigenvalue weighted by Gasteiger charge is -2.24. The number of nitrogens with zero attached hydrogens (tertiary/aromatic N) is 2. The summed E-state index contributed by atoms with van der Waals surface area (Å²) < 4.78 is 0.947. The molecule has 1 heterocycles. The van der Waals surface area contributed by atoms with Crippen molar-refractivity contribution >= 4 is 34.2 Å². The Morgan fingerprint density at radius 3 is 2.67 bits per heavy atom. The summed E-state index contributed by atoms with van der Waals surface area (Å²) in [6.07, 6.45) is 2.02. The molecule has 21 heavy (non-hydrogen) atoms. The first-order chi connectivity index (χ1) is 9.50. The summed E-state index contributed by atoms with van der Waals surface area (Å²) >= 11 is 3.36. The normalized spacial score (nSPS) is 13.1. The second kappa shape index (κ2) is 7.53. The van der Waals surface area contributed by atoms with Crippen molar-refractivity contribution in [3.63, 3.8) is 0 Å². The lowest BCUT2D eigenvalue weighted by Crippen LogP contribution is -2.49. The number of carbonyl (C=O) groups is 1. The van der Waals surface area contributed by atoms with Gasteiger partial charge < -0.3 is 11.1 Å². The van der Waals surface area contributed by atoms with Gasteiger partial charge in [-0.15, -0.1) is 12.4 Å². The molecule has 1 aromatic heterocycles. The maximum atomic E-state index is 12.2. The second-order valence-electron chi connectivity index (χ2n) is 4.65. The maximum Gasteiger partial charge on any atom is 0.244 e. The predicted molar refractivity (Wildman–Crippen MR) is 86.0 cm³/mol. The zero-order valence-electron chi connectivity index (χ0n) is 11.5. The van der Waals surface area contributed by atoms with Gasteiger partial charge in [-0.05, 0) is 24.6 Å². The Labute approximate surface area is 137 Å². The van der Waals surface area contributed by atoms with Gasteiger partial charge in [0.15, 0.2) is 0 Å². The Morgan fingerprint density at radius 1 is 1.43 bits per heavy atom. The van der Waals surface area contributed by atoms with Crippen LogP contribution in [0.15, 0.2) is 35.1 Å². The van der Waals surface area contributed by atoms with Crippen LogP contribution in [0.25, 0.3) is 0 Å². The minimum Gasteiger partial charge on any atom is -0.354 e. The van der Waals surface area contributed by atoms with Crippen molar-refractivity contribution in [3.05, 3.63) is 46.5 Å². The van der Waals surface area contributed by atoms with Crippen LogP contribution in [0.4, 0.5) is 0 Å². The monoisotopic (exact) mass is 373 g/mol. The molecule has 6 nitrogen and oxygen atoms in total. The average molecular weight is 375 g/mol. The molecule has 0 saturated carbocycles. The standard InChI is InChI=1S/C13H16BrN5O.ClH/c1-13(15,9-2-4-10(14)5-3-9)12(20)16-7-6-11-17-8-18-19-11;/h2-5,8H,6-7,15H2,1H3,(H,16,20)(H,17,18,19);1H. The van der Waals surface area contributed by atoms with Gasteiger partial charge >= 0.3 is 0 Å². The molecule has 1 aromatic carbocycles. The highest BCUT2D eigenvalue weighted by atomic mass is 79.9. The summed E-state index contributed by atoms with van der Waals surface area (Å²) in [4.78, 5) is 16.2. The number of nitrogens with two attached hydrogens (primary N) is 1. The van der Waals surface area contributed by atoms with Gasteiger partial charge in [0.2, 0.25) is 5.91 Å². The summed E-state index contributed by atoms with van der Waals surface area (Å²) in [7, 11) is 0. The van der Waals surface area contributed by atoms with Crippen molar-refractivity contribution in [1.29, 1.82) is 0 Å². The molecule has 1 unspecified atom stereocenters. The number of H-pyrrole nitrogens is 1. The minimum absolute atomic E-state index is 0. The van der Waals surface area contributed by atoms with Crippen molar-refractivity contribution in [1.82, 2.24) is 20.5 Å². The summed E-state index contributed by atoms with van der Waals surface area (Å²) in [6.45, 7) is 2.15. The van der Waals surface area contributed by atoms with Crippen molar-refractivity contribution in [2.24, 2.45) is 5.73 Å². The molecule has 0 spiro atoms. The molecule has 0 radical (unpaired) electrons. The van der Waals surface area contributed by atoms with E-state index in [4.69, 9.17) is 5.73 Å². The van der Waals surface area contributed by atoms with Crippen LogP contribution in [0, 0.1) is 0 Å². The largest absolute Gasteiger partial charge is 0.354 e. The van der Waals surface area contributed by atoms with Crippen molar-refractivity contribution < 1.29 is 4.79 Å². The van der Waals surface area contributed by atoms with E-state index >= 15 is 0 Å². The van der Waals surface area contributed by atoms with E-state index < -0.39 is 5.54 Å². The SMILES string of the molecule is CC(N)(C(=O)NCCc1ncn[nH]1)c1ccc(Br)cc1.Cl. The van der Waals surface area contributed by atoms with E-state index in [9.17, 15) is 4.79 Å². The van der Waals surface area contributed by atoms with E-state index in [1.807, 2.05) is 24.3 Å². The lowest BCUT2D eigenvalue weighted by atomic mass is 9.92. The van der Waals surface area contributed by atoms with Crippen LogP contribution in [0.5, 0.6) is 0 Å². The molecule has 0 aliphatic rings. The highest BCUT2D eigenvalue weighted by Gasteiger charge is 2.30. The molecule has 0 saturated heterocycles. The molecule has 0 bridgehead atoms. The number of hydrogen-bond acceptors (Lipinski definition) is 4. The van der Waals surface area contributed by atoms with E-state index in [1.165, 1.54) is 6.33 Å². The summed E-state index contributed by atoms with van der Waals surface area (Å²) in [6, 6.07) is 7.39. The molecule has 0 aliphatic carbocycles. The average Bonchev–Trinajstić information content (AvgIpc) is 2.92. The maximum absolute atomic E-state index is 12.2. The molecule has 8 heteroatoms. The first-order valence-corrected chi connectivity index (χ1v) is 6.97. The Hall–Kier alpha value is -1.44. The zero-order chi connectivity index (χ0) is 14.6. The molecular formula is C13H17BrClN5O. The topological polar surface area (TPSA) is 96.7 Å². The van der Waals surface area contributed by atoms with Crippen LogP contribution in [0.2, 0.25) is 0 Å². The summed E-state index contributed by atoms with van der Waals surface area (Å²) in [5.41, 5.74) is 5.82. The van der Waals surface area contributed by atoms with Crippen molar-refractivity contribution in [2.45, 2.75) is 18.9 Å². The van der Waals surface area contributed by atoms with E-state index in [0.29, 0.717) is 13.0 Å². The fourth-order valence-corrected chi connectivity index (χ4v) is 2.02. The molecule has 2 rings (SSSR count). The van der Waals surface area contributed by atoms with Crippen LogP contribution >= 0.6 is 28.3 Å². The number of halogens is 2. The fourth-order valence-electron chi connectivity index (χ4n) is 1.76. The molecule has 0 fully saturated rings.